The monoisotopic (exact) mass is 282 g/mol. The van der Waals surface area contributed by atoms with E-state index < -0.39 is 6.09 Å². The molecule has 0 spiro atoms. The lowest BCUT2D eigenvalue weighted by Gasteiger charge is -2.08. The highest BCUT2D eigenvalue weighted by molar-refractivity contribution is 5.84. The van der Waals surface area contributed by atoms with Gasteiger partial charge in [-0.2, -0.15) is 5.26 Å². The average molecular weight is 282 g/mol. The quantitative estimate of drug-likeness (QED) is 0.913. The van der Waals surface area contributed by atoms with Crippen molar-refractivity contribution in [3.05, 3.63) is 60.2 Å². The molecule has 0 unspecified atom stereocenters. The van der Waals surface area contributed by atoms with Crippen molar-refractivity contribution >= 4 is 11.8 Å². The fourth-order valence-corrected chi connectivity index (χ4v) is 1.66. The summed E-state index contributed by atoms with van der Waals surface area (Å²) < 4.78 is 10.3. The fraction of sp³-hybridized carbons (Fsp3) is 0.125. The Morgan fingerprint density at radius 3 is 2.71 bits per heavy atom. The standard InChI is InChI=1S/C16H14N2O3/c17-9-10-20-15-8-4-7-14(11-15)18-16(19)21-12-13-5-2-1-3-6-13/h1-8,11H,10,12H2,(H,18,19). The highest BCUT2D eigenvalue weighted by Gasteiger charge is 2.04. The second-order valence-electron chi connectivity index (χ2n) is 4.16. The molecule has 0 radical (unpaired) electrons. The van der Waals surface area contributed by atoms with Crippen LogP contribution in [0.1, 0.15) is 5.56 Å². The van der Waals surface area contributed by atoms with Crippen molar-refractivity contribution in [2.75, 3.05) is 11.9 Å². The van der Waals surface area contributed by atoms with Crippen LogP contribution < -0.4 is 10.1 Å². The first-order valence-corrected chi connectivity index (χ1v) is 6.35. The highest BCUT2D eigenvalue weighted by Crippen LogP contribution is 2.17. The number of rotatable bonds is 5. The molecule has 0 fully saturated rings. The zero-order valence-electron chi connectivity index (χ0n) is 11.3. The van der Waals surface area contributed by atoms with Crippen LogP contribution in [0.5, 0.6) is 5.75 Å². The number of hydrogen-bond donors (Lipinski definition) is 1. The summed E-state index contributed by atoms with van der Waals surface area (Å²) in [6.45, 7) is 0.166. The number of amides is 1. The van der Waals surface area contributed by atoms with Gasteiger partial charge in [-0.3, -0.25) is 5.32 Å². The Labute approximate surface area is 122 Å². The van der Waals surface area contributed by atoms with E-state index in [0.29, 0.717) is 11.4 Å². The Hall–Kier alpha value is -3.00. The lowest BCUT2D eigenvalue weighted by Crippen LogP contribution is -2.13. The molecule has 5 nitrogen and oxygen atoms in total. The van der Waals surface area contributed by atoms with Gasteiger partial charge in [-0.1, -0.05) is 36.4 Å². The lowest BCUT2D eigenvalue weighted by atomic mass is 10.2. The number of ether oxygens (including phenoxy) is 2. The molecule has 21 heavy (non-hydrogen) atoms. The van der Waals surface area contributed by atoms with Gasteiger partial charge in [0.15, 0.2) is 6.61 Å². The number of carbonyl (C=O) groups excluding carboxylic acids is 1. The highest BCUT2D eigenvalue weighted by atomic mass is 16.5. The van der Waals surface area contributed by atoms with Crippen molar-refractivity contribution in [1.29, 1.82) is 5.26 Å². The van der Waals surface area contributed by atoms with Gasteiger partial charge in [0, 0.05) is 11.8 Å². The van der Waals surface area contributed by atoms with Gasteiger partial charge in [0.05, 0.1) is 0 Å². The molecular weight excluding hydrogens is 268 g/mol. The largest absolute Gasteiger partial charge is 0.479 e. The molecule has 5 heteroatoms. The first-order chi connectivity index (χ1) is 10.3. The second-order valence-corrected chi connectivity index (χ2v) is 4.16. The third-order valence-electron chi connectivity index (χ3n) is 2.60. The Kier molecular flexibility index (Phi) is 5.18. The number of benzene rings is 2. The first-order valence-electron chi connectivity index (χ1n) is 6.35. The molecule has 0 aliphatic rings. The summed E-state index contributed by atoms with van der Waals surface area (Å²) in [5.74, 6) is 0.511. The van der Waals surface area contributed by atoms with Crippen molar-refractivity contribution in [2.24, 2.45) is 0 Å². The molecule has 1 N–H and O–H groups in total. The normalized spacial score (nSPS) is 9.48. The number of nitriles is 1. The SMILES string of the molecule is N#CCOc1cccc(NC(=O)OCc2ccccc2)c1. The Morgan fingerprint density at radius 2 is 1.95 bits per heavy atom. The molecule has 2 rings (SSSR count). The summed E-state index contributed by atoms with van der Waals surface area (Å²) in [5.41, 5.74) is 1.46. The summed E-state index contributed by atoms with van der Waals surface area (Å²) in [6.07, 6.45) is -0.545. The Balaban J connectivity index is 1.86. The van der Waals surface area contributed by atoms with Crippen LogP contribution in [-0.4, -0.2) is 12.7 Å². The van der Waals surface area contributed by atoms with Crippen LogP contribution in [0.2, 0.25) is 0 Å². The fourth-order valence-electron chi connectivity index (χ4n) is 1.66. The van der Waals surface area contributed by atoms with E-state index in [1.54, 1.807) is 24.3 Å². The molecule has 0 aliphatic carbocycles. The van der Waals surface area contributed by atoms with E-state index in [-0.39, 0.29) is 13.2 Å². The summed E-state index contributed by atoms with van der Waals surface area (Å²) in [4.78, 5) is 11.7. The minimum absolute atomic E-state index is 0.0398. The zero-order chi connectivity index (χ0) is 14.9. The summed E-state index contributed by atoms with van der Waals surface area (Å²) >= 11 is 0. The van der Waals surface area contributed by atoms with Gasteiger partial charge in [0.2, 0.25) is 0 Å². The molecule has 0 aromatic heterocycles. The van der Waals surface area contributed by atoms with Gasteiger partial charge in [0.1, 0.15) is 18.4 Å². The van der Waals surface area contributed by atoms with Gasteiger partial charge in [0.25, 0.3) is 0 Å². The van der Waals surface area contributed by atoms with Crippen molar-refractivity contribution in [3.8, 4) is 11.8 Å². The molecule has 0 aliphatic heterocycles. The molecule has 0 saturated heterocycles. The summed E-state index contributed by atoms with van der Waals surface area (Å²) in [6, 6.07) is 18.1. The van der Waals surface area contributed by atoms with Crippen LogP contribution in [0, 0.1) is 11.3 Å². The summed E-state index contributed by atoms with van der Waals surface area (Å²) in [5, 5.41) is 11.1. The lowest BCUT2D eigenvalue weighted by molar-refractivity contribution is 0.155. The van der Waals surface area contributed by atoms with Crippen LogP contribution in [0.25, 0.3) is 0 Å². The third-order valence-corrected chi connectivity index (χ3v) is 2.60. The van der Waals surface area contributed by atoms with E-state index in [4.69, 9.17) is 14.7 Å². The maximum absolute atomic E-state index is 11.7. The Morgan fingerprint density at radius 1 is 1.14 bits per heavy atom. The van der Waals surface area contributed by atoms with Gasteiger partial charge in [-0.15, -0.1) is 0 Å². The molecule has 0 heterocycles. The van der Waals surface area contributed by atoms with E-state index in [1.807, 2.05) is 36.4 Å². The van der Waals surface area contributed by atoms with Crippen molar-refractivity contribution < 1.29 is 14.3 Å². The van der Waals surface area contributed by atoms with Gasteiger partial charge >= 0.3 is 6.09 Å². The molecule has 106 valence electrons. The molecule has 0 atom stereocenters. The van der Waals surface area contributed by atoms with Crippen LogP contribution in [0.4, 0.5) is 10.5 Å². The predicted molar refractivity (Wildman–Crippen MR) is 77.8 cm³/mol. The van der Waals surface area contributed by atoms with Crippen molar-refractivity contribution in [3.63, 3.8) is 0 Å². The van der Waals surface area contributed by atoms with Crippen LogP contribution >= 0.6 is 0 Å². The number of nitrogens with one attached hydrogen (secondary N) is 1. The molecule has 1 amide bonds. The topological polar surface area (TPSA) is 71.3 Å². The van der Waals surface area contributed by atoms with Gasteiger partial charge < -0.3 is 9.47 Å². The van der Waals surface area contributed by atoms with Crippen LogP contribution in [-0.2, 0) is 11.3 Å². The number of anilines is 1. The maximum atomic E-state index is 11.7. The maximum Gasteiger partial charge on any atom is 0.411 e. The smallest absolute Gasteiger partial charge is 0.411 e. The molecule has 2 aromatic carbocycles. The van der Waals surface area contributed by atoms with Crippen molar-refractivity contribution in [1.82, 2.24) is 0 Å². The number of hydrogen-bond acceptors (Lipinski definition) is 4. The first kappa shape index (κ1) is 14.4. The molecular formula is C16H14N2O3. The summed E-state index contributed by atoms with van der Waals surface area (Å²) in [7, 11) is 0. The van der Waals surface area contributed by atoms with E-state index in [2.05, 4.69) is 5.32 Å². The van der Waals surface area contributed by atoms with Gasteiger partial charge in [-0.05, 0) is 17.7 Å². The van der Waals surface area contributed by atoms with Gasteiger partial charge in [-0.25, -0.2) is 4.79 Å². The van der Waals surface area contributed by atoms with E-state index in [0.717, 1.165) is 5.56 Å². The third kappa shape index (κ3) is 4.88. The minimum atomic E-state index is -0.545. The second kappa shape index (κ2) is 7.56. The van der Waals surface area contributed by atoms with Crippen molar-refractivity contribution in [2.45, 2.75) is 6.61 Å². The zero-order valence-corrected chi connectivity index (χ0v) is 11.3. The van der Waals surface area contributed by atoms with E-state index in [1.165, 1.54) is 0 Å². The number of nitrogens with zero attached hydrogens (tertiary/aromatic N) is 1. The van der Waals surface area contributed by atoms with E-state index >= 15 is 0 Å². The molecule has 0 bridgehead atoms. The van der Waals surface area contributed by atoms with E-state index in [9.17, 15) is 4.79 Å². The predicted octanol–water partition coefficient (Wildman–Crippen LogP) is 3.34. The molecule has 2 aromatic rings. The van der Waals surface area contributed by atoms with Crippen LogP contribution in [0.3, 0.4) is 0 Å². The van der Waals surface area contributed by atoms with Crippen LogP contribution in [0.15, 0.2) is 54.6 Å². The molecule has 0 saturated carbocycles. The Bertz CT molecular complexity index is 635. The number of carbonyl (C=O) groups is 1. The average Bonchev–Trinajstić information content (AvgIpc) is 2.52. The minimum Gasteiger partial charge on any atom is -0.479 e.